The van der Waals surface area contributed by atoms with E-state index in [0.717, 1.165) is 23.6 Å². The van der Waals surface area contributed by atoms with Crippen LogP contribution in [0.15, 0.2) is 30.3 Å². The lowest BCUT2D eigenvalue weighted by atomic mass is 10.2. The van der Waals surface area contributed by atoms with Crippen LogP contribution in [0.1, 0.15) is 18.2 Å². The molecule has 4 heteroatoms. The Hall–Kier alpha value is -1.84. The zero-order valence-electron chi connectivity index (χ0n) is 10.1. The largest absolute Gasteiger partial charge is 0.366 e. The first kappa shape index (κ1) is 11.6. The molecule has 0 spiro atoms. The minimum Gasteiger partial charge on any atom is -0.366 e. The molecule has 0 bridgehead atoms. The number of rotatable bonds is 4. The lowest BCUT2D eigenvalue weighted by molar-refractivity contribution is 0.625. The fourth-order valence-corrected chi connectivity index (χ4v) is 1.77. The smallest absolute Gasteiger partial charge is 0.124 e. The van der Waals surface area contributed by atoms with Crippen molar-refractivity contribution in [3.63, 3.8) is 0 Å². The fraction of sp³-hybridized carbons (Fsp3) is 0.308. The normalized spacial score (nSPS) is 10.5. The van der Waals surface area contributed by atoms with E-state index in [4.69, 9.17) is 0 Å². The van der Waals surface area contributed by atoms with Crippen molar-refractivity contribution >= 4 is 5.82 Å². The Labute approximate surface area is 100 Å². The zero-order valence-corrected chi connectivity index (χ0v) is 10.1. The van der Waals surface area contributed by atoms with E-state index in [1.165, 1.54) is 12.1 Å². The second kappa shape index (κ2) is 4.99. The summed E-state index contributed by atoms with van der Waals surface area (Å²) in [6.45, 7) is 5.42. The van der Waals surface area contributed by atoms with Crippen LogP contribution in [-0.4, -0.2) is 9.78 Å². The van der Waals surface area contributed by atoms with Gasteiger partial charge in [0.2, 0.25) is 0 Å². The number of nitrogens with one attached hydrogen (secondary N) is 1. The van der Waals surface area contributed by atoms with E-state index in [-0.39, 0.29) is 5.82 Å². The summed E-state index contributed by atoms with van der Waals surface area (Å²) in [7, 11) is 0. The Balaban J connectivity index is 2.06. The number of halogens is 1. The number of aryl methyl sites for hydroxylation is 2. The second-order valence-corrected chi connectivity index (χ2v) is 3.97. The molecule has 0 amide bonds. The number of aromatic nitrogens is 2. The van der Waals surface area contributed by atoms with Crippen molar-refractivity contribution in [2.75, 3.05) is 5.32 Å². The molecule has 2 aromatic rings. The summed E-state index contributed by atoms with van der Waals surface area (Å²) in [6.07, 6.45) is 0. The molecule has 2 rings (SSSR count). The summed E-state index contributed by atoms with van der Waals surface area (Å²) < 4.78 is 14.9. The van der Waals surface area contributed by atoms with Gasteiger partial charge < -0.3 is 5.32 Å². The monoisotopic (exact) mass is 233 g/mol. The van der Waals surface area contributed by atoms with Gasteiger partial charge in [-0.3, -0.25) is 0 Å². The molecule has 0 aliphatic rings. The molecule has 0 aliphatic carbocycles. The van der Waals surface area contributed by atoms with Gasteiger partial charge in [-0.25, -0.2) is 9.07 Å². The van der Waals surface area contributed by atoms with Gasteiger partial charge in [0.25, 0.3) is 0 Å². The Kier molecular flexibility index (Phi) is 3.42. The molecular formula is C13H16FN3. The first-order valence-corrected chi connectivity index (χ1v) is 5.72. The number of nitrogens with zero attached hydrogens (tertiary/aromatic N) is 2. The highest BCUT2D eigenvalue weighted by Crippen LogP contribution is 2.12. The first-order chi connectivity index (χ1) is 8.19. The van der Waals surface area contributed by atoms with E-state index in [0.29, 0.717) is 6.54 Å². The fourth-order valence-electron chi connectivity index (χ4n) is 1.77. The Morgan fingerprint density at radius 1 is 1.35 bits per heavy atom. The minimum atomic E-state index is -0.204. The van der Waals surface area contributed by atoms with Crippen LogP contribution in [0.2, 0.25) is 0 Å². The van der Waals surface area contributed by atoms with Gasteiger partial charge in [-0.2, -0.15) is 5.10 Å². The molecule has 0 radical (unpaired) electrons. The van der Waals surface area contributed by atoms with Gasteiger partial charge in [-0.05, 0) is 31.5 Å². The summed E-state index contributed by atoms with van der Waals surface area (Å²) >= 11 is 0. The maximum absolute atomic E-state index is 13.0. The molecule has 0 aliphatic heterocycles. The molecular weight excluding hydrogens is 217 g/mol. The van der Waals surface area contributed by atoms with Crippen molar-refractivity contribution in [3.8, 4) is 0 Å². The molecule has 0 atom stereocenters. The second-order valence-electron chi connectivity index (χ2n) is 3.97. The third-order valence-electron chi connectivity index (χ3n) is 2.56. The standard InChI is InChI=1S/C13H16FN3/c1-3-17-13(7-10(2)16-17)15-9-11-5-4-6-12(14)8-11/h4-8,15H,3,9H2,1-2H3. The van der Waals surface area contributed by atoms with Crippen LogP contribution in [0.3, 0.4) is 0 Å². The van der Waals surface area contributed by atoms with E-state index >= 15 is 0 Å². The summed E-state index contributed by atoms with van der Waals surface area (Å²) in [6, 6.07) is 8.59. The summed E-state index contributed by atoms with van der Waals surface area (Å²) in [5.41, 5.74) is 1.90. The summed E-state index contributed by atoms with van der Waals surface area (Å²) in [4.78, 5) is 0. The van der Waals surface area contributed by atoms with E-state index in [9.17, 15) is 4.39 Å². The predicted molar refractivity (Wildman–Crippen MR) is 66.4 cm³/mol. The lowest BCUT2D eigenvalue weighted by Crippen LogP contribution is -2.06. The molecule has 17 heavy (non-hydrogen) atoms. The highest BCUT2D eigenvalue weighted by molar-refractivity contribution is 5.38. The minimum absolute atomic E-state index is 0.204. The third kappa shape index (κ3) is 2.84. The molecule has 0 saturated carbocycles. The van der Waals surface area contributed by atoms with Gasteiger partial charge in [0, 0.05) is 19.2 Å². The average Bonchev–Trinajstić information content (AvgIpc) is 2.67. The third-order valence-corrected chi connectivity index (χ3v) is 2.56. The average molecular weight is 233 g/mol. The Morgan fingerprint density at radius 2 is 2.18 bits per heavy atom. The quantitative estimate of drug-likeness (QED) is 0.879. The summed E-state index contributed by atoms with van der Waals surface area (Å²) in [5.74, 6) is 0.763. The van der Waals surface area contributed by atoms with Crippen molar-refractivity contribution in [2.45, 2.75) is 26.9 Å². The number of anilines is 1. The SMILES string of the molecule is CCn1nc(C)cc1NCc1cccc(F)c1. The molecule has 1 heterocycles. The highest BCUT2D eigenvalue weighted by atomic mass is 19.1. The van der Waals surface area contributed by atoms with Crippen LogP contribution in [0.5, 0.6) is 0 Å². The van der Waals surface area contributed by atoms with Crippen LogP contribution in [0, 0.1) is 12.7 Å². The van der Waals surface area contributed by atoms with Gasteiger partial charge >= 0.3 is 0 Å². The Morgan fingerprint density at radius 3 is 2.88 bits per heavy atom. The maximum Gasteiger partial charge on any atom is 0.124 e. The van der Waals surface area contributed by atoms with Gasteiger partial charge in [0.1, 0.15) is 11.6 Å². The Bertz CT molecular complexity index is 505. The van der Waals surface area contributed by atoms with Gasteiger partial charge in [-0.1, -0.05) is 12.1 Å². The van der Waals surface area contributed by atoms with Gasteiger partial charge in [-0.15, -0.1) is 0 Å². The highest BCUT2D eigenvalue weighted by Gasteiger charge is 2.03. The van der Waals surface area contributed by atoms with Crippen LogP contribution < -0.4 is 5.32 Å². The van der Waals surface area contributed by atoms with E-state index < -0.39 is 0 Å². The molecule has 0 fully saturated rings. The maximum atomic E-state index is 13.0. The van der Waals surface area contributed by atoms with Crippen LogP contribution >= 0.6 is 0 Å². The molecule has 3 nitrogen and oxygen atoms in total. The topological polar surface area (TPSA) is 29.9 Å². The van der Waals surface area contributed by atoms with Crippen molar-refractivity contribution in [2.24, 2.45) is 0 Å². The number of benzene rings is 1. The molecule has 1 N–H and O–H groups in total. The number of hydrogen-bond acceptors (Lipinski definition) is 2. The molecule has 0 saturated heterocycles. The first-order valence-electron chi connectivity index (χ1n) is 5.72. The zero-order chi connectivity index (χ0) is 12.3. The predicted octanol–water partition coefficient (Wildman–Crippen LogP) is 2.96. The van der Waals surface area contributed by atoms with Crippen molar-refractivity contribution in [1.29, 1.82) is 0 Å². The van der Waals surface area contributed by atoms with E-state index in [2.05, 4.69) is 10.4 Å². The van der Waals surface area contributed by atoms with E-state index in [1.54, 1.807) is 6.07 Å². The van der Waals surface area contributed by atoms with Crippen LogP contribution in [0.25, 0.3) is 0 Å². The molecule has 1 aromatic heterocycles. The summed E-state index contributed by atoms with van der Waals surface area (Å²) in [5, 5.41) is 7.60. The molecule has 1 aromatic carbocycles. The molecule has 0 unspecified atom stereocenters. The van der Waals surface area contributed by atoms with E-state index in [1.807, 2.05) is 30.7 Å². The molecule has 90 valence electrons. The number of hydrogen-bond donors (Lipinski definition) is 1. The van der Waals surface area contributed by atoms with Crippen molar-refractivity contribution < 1.29 is 4.39 Å². The lowest BCUT2D eigenvalue weighted by Gasteiger charge is -2.08. The van der Waals surface area contributed by atoms with Crippen LogP contribution in [0.4, 0.5) is 10.2 Å². The van der Waals surface area contributed by atoms with Gasteiger partial charge in [0.05, 0.1) is 5.69 Å². The van der Waals surface area contributed by atoms with Gasteiger partial charge in [0.15, 0.2) is 0 Å². The van der Waals surface area contributed by atoms with Crippen molar-refractivity contribution in [1.82, 2.24) is 9.78 Å². The van der Waals surface area contributed by atoms with Crippen LogP contribution in [-0.2, 0) is 13.1 Å². The van der Waals surface area contributed by atoms with Crippen molar-refractivity contribution in [3.05, 3.63) is 47.4 Å².